The Morgan fingerprint density at radius 3 is 2.06 bits per heavy atom. The van der Waals surface area contributed by atoms with Gasteiger partial charge in [0, 0.05) is 47.5 Å². The minimum atomic E-state index is -0.559. The molecule has 0 aliphatic heterocycles. The molecule has 0 atom stereocenters. The van der Waals surface area contributed by atoms with E-state index in [9.17, 15) is 0 Å². The highest BCUT2D eigenvalue weighted by Crippen LogP contribution is 2.42. The number of nitrogens with zero attached hydrogens (tertiary/aromatic N) is 3. The summed E-state index contributed by atoms with van der Waals surface area (Å²) in [5, 5.41) is 1.72. The molecule has 0 N–H and O–H groups in total. The Kier molecular flexibility index (Phi) is 4.34. The molecule has 5 heteroatoms. The molecule has 7 aromatic carbocycles. The summed E-state index contributed by atoms with van der Waals surface area (Å²) >= 11 is 1.66. The zero-order valence-electron chi connectivity index (χ0n) is 33.9. The lowest BCUT2D eigenvalue weighted by Gasteiger charge is -2.09. The molecule has 3 heterocycles. The molecule has 224 valence electrons. The molecule has 48 heavy (non-hydrogen) atoms. The molecule has 4 nitrogen and oxygen atoms in total. The van der Waals surface area contributed by atoms with E-state index in [1.54, 1.807) is 11.3 Å². The molecule has 3 aromatic heterocycles. The first-order valence-electron chi connectivity index (χ1n) is 19.7. The summed E-state index contributed by atoms with van der Waals surface area (Å²) in [4.78, 5) is 14.6. The normalized spacial score (nSPS) is 14.4. The fourth-order valence-corrected chi connectivity index (χ4v) is 7.49. The van der Waals surface area contributed by atoms with Crippen molar-refractivity contribution in [2.75, 3.05) is 0 Å². The van der Waals surface area contributed by atoms with Gasteiger partial charge < -0.3 is 4.42 Å². The van der Waals surface area contributed by atoms with Crippen molar-refractivity contribution in [1.29, 1.82) is 0 Å². The number of furan rings is 1. The molecule has 0 spiro atoms. The van der Waals surface area contributed by atoms with Gasteiger partial charge in [0.2, 0.25) is 0 Å². The Morgan fingerprint density at radius 2 is 1.21 bits per heavy atom. The summed E-state index contributed by atoms with van der Waals surface area (Å²) in [5.74, 6) is 0.520. The third kappa shape index (κ3) is 4.25. The monoisotopic (exact) mass is 640 g/mol. The fourth-order valence-electron chi connectivity index (χ4n) is 6.21. The lowest BCUT2D eigenvalue weighted by molar-refractivity contribution is 0.673. The zero-order chi connectivity index (χ0) is 39.4. The van der Waals surface area contributed by atoms with Crippen LogP contribution in [-0.2, 0) is 0 Å². The standard InChI is InChI=1S/C43H25N3OS/c1-3-11-26(12-4-1)31-17-9-19-35-32-23-22-29(25-37(32)48-40(31)35)42-44-41(28-14-5-2-6-15-28)45-43(46-42)36-20-10-18-33-34-24-21-27-13-7-8-16-30(27)38(34)47-39(33)36/h1-25H/i7D,8D,10D,13D,16D,18D,20D,21D,24D. The van der Waals surface area contributed by atoms with Gasteiger partial charge in [-0.2, -0.15) is 0 Å². The highest BCUT2D eigenvalue weighted by atomic mass is 32.1. The van der Waals surface area contributed by atoms with Crippen LogP contribution in [0.1, 0.15) is 12.3 Å². The molecule has 0 amide bonds. The van der Waals surface area contributed by atoms with E-state index >= 15 is 0 Å². The Bertz CT molecular complexity index is 3350. The Labute approximate surface area is 292 Å². The maximum absolute atomic E-state index is 9.17. The highest BCUT2D eigenvalue weighted by molar-refractivity contribution is 7.26. The van der Waals surface area contributed by atoms with Gasteiger partial charge in [0.1, 0.15) is 11.2 Å². The van der Waals surface area contributed by atoms with Gasteiger partial charge in [0.25, 0.3) is 0 Å². The van der Waals surface area contributed by atoms with E-state index < -0.39 is 54.4 Å². The molecule has 0 bridgehead atoms. The molecule has 0 aliphatic carbocycles. The van der Waals surface area contributed by atoms with Crippen LogP contribution >= 0.6 is 11.3 Å². The summed E-state index contributed by atoms with van der Waals surface area (Å²) in [6, 6.07) is 27.4. The van der Waals surface area contributed by atoms with E-state index in [1.165, 1.54) is 0 Å². The summed E-state index contributed by atoms with van der Waals surface area (Å²) in [6.07, 6.45) is 0. The minimum Gasteiger partial charge on any atom is -0.455 e. The number of hydrogen-bond acceptors (Lipinski definition) is 5. The van der Waals surface area contributed by atoms with Crippen LogP contribution in [0.3, 0.4) is 0 Å². The number of benzene rings is 7. The summed E-state index contributed by atoms with van der Waals surface area (Å²) < 4.78 is 87.2. The average molecular weight is 641 g/mol. The number of hydrogen-bond donors (Lipinski definition) is 0. The van der Waals surface area contributed by atoms with Crippen molar-refractivity contribution in [3.05, 3.63) is 151 Å². The summed E-state index contributed by atoms with van der Waals surface area (Å²) in [5.41, 5.74) is 3.24. The third-order valence-electron chi connectivity index (χ3n) is 8.47. The van der Waals surface area contributed by atoms with Gasteiger partial charge in [-0.25, -0.2) is 15.0 Å². The quantitative estimate of drug-likeness (QED) is 0.192. The second-order valence-corrected chi connectivity index (χ2v) is 12.3. The molecule has 0 aliphatic rings. The van der Waals surface area contributed by atoms with Crippen LogP contribution < -0.4 is 0 Å². The number of para-hydroxylation sites is 1. The lowest BCUT2D eigenvalue weighted by atomic mass is 10.0. The van der Waals surface area contributed by atoms with Gasteiger partial charge in [0.05, 0.1) is 17.9 Å². The second kappa shape index (κ2) is 10.7. The third-order valence-corrected chi connectivity index (χ3v) is 9.67. The lowest BCUT2D eigenvalue weighted by Crippen LogP contribution is -2.00. The van der Waals surface area contributed by atoms with Crippen molar-refractivity contribution in [2.45, 2.75) is 0 Å². The highest BCUT2D eigenvalue weighted by Gasteiger charge is 2.19. The van der Waals surface area contributed by atoms with Gasteiger partial charge in [-0.15, -0.1) is 11.3 Å². The topological polar surface area (TPSA) is 51.8 Å². The van der Waals surface area contributed by atoms with E-state index in [4.69, 9.17) is 31.7 Å². The minimum absolute atomic E-state index is 0.0342. The molecular formula is C43H25N3OS. The molecule has 0 saturated heterocycles. The molecule has 0 fully saturated rings. The van der Waals surface area contributed by atoms with Crippen LogP contribution in [0.15, 0.2) is 156 Å². The van der Waals surface area contributed by atoms with Crippen molar-refractivity contribution < 1.29 is 16.8 Å². The van der Waals surface area contributed by atoms with Gasteiger partial charge in [0.15, 0.2) is 17.5 Å². The first kappa shape index (κ1) is 19.5. The molecule has 10 rings (SSSR count). The molecule has 10 aromatic rings. The first-order valence-corrected chi connectivity index (χ1v) is 16.0. The van der Waals surface area contributed by atoms with Crippen LogP contribution in [-0.4, -0.2) is 15.0 Å². The summed E-state index contributed by atoms with van der Waals surface area (Å²) in [7, 11) is 0. The average Bonchev–Trinajstić information content (AvgIpc) is 3.82. The maximum atomic E-state index is 9.17. The number of rotatable bonds is 4. The first-order chi connectivity index (χ1) is 27.5. The van der Waals surface area contributed by atoms with Crippen molar-refractivity contribution in [2.24, 2.45) is 0 Å². The van der Waals surface area contributed by atoms with Crippen LogP contribution in [0.4, 0.5) is 0 Å². The Hall–Kier alpha value is -6.17. The largest absolute Gasteiger partial charge is 0.455 e. The Morgan fingerprint density at radius 1 is 0.479 bits per heavy atom. The molecule has 0 saturated carbocycles. The van der Waals surface area contributed by atoms with Crippen molar-refractivity contribution in [1.82, 2.24) is 15.0 Å². The van der Waals surface area contributed by atoms with Crippen LogP contribution in [0.2, 0.25) is 0 Å². The van der Waals surface area contributed by atoms with Crippen LogP contribution in [0.25, 0.3) is 98.2 Å². The zero-order valence-corrected chi connectivity index (χ0v) is 25.7. The van der Waals surface area contributed by atoms with Crippen molar-refractivity contribution >= 4 is 64.2 Å². The van der Waals surface area contributed by atoms with E-state index in [1.807, 2.05) is 66.7 Å². The summed E-state index contributed by atoms with van der Waals surface area (Å²) in [6.45, 7) is 0. The number of fused-ring (bicyclic) bond motifs is 8. The van der Waals surface area contributed by atoms with E-state index in [-0.39, 0.29) is 55.7 Å². The predicted octanol–water partition coefficient (Wildman–Crippen LogP) is 12.0. The fraction of sp³-hybridized carbons (Fsp3) is 0. The molecule has 0 radical (unpaired) electrons. The van der Waals surface area contributed by atoms with Crippen LogP contribution in [0, 0.1) is 0 Å². The predicted molar refractivity (Wildman–Crippen MR) is 199 cm³/mol. The van der Waals surface area contributed by atoms with Gasteiger partial charge in [-0.1, -0.05) is 133 Å². The molecular weight excluding hydrogens is 607 g/mol. The van der Waals surface area contributed by atoms with E-state index in [2.05, 4.69) is 30.3 Å². The van der Waals surface area contributed by atoms with Gasteiger partial charge in [-0.05, 0) is 34.7 Å². The Balaban J connectivity index is 1.26. The SMILES string of the molecule is [2H]c1c([2H])c([2H])c2c(oc3c4c([2H])c([2H])c([2H])c([2H])c4c([2H])c([2H])c32)c1-c1nc(-c2ccccc2)nc(-c2ccc3c(c2)sc2c(-c4ccccc4)cccc23)n1. The van der Waals surface area contributed by atoms with Crippen molar-refractivity contribution in [3.63, 3.8) is 0 Å². The smallest absolute Gasteiger partial charge is 0.167 e. The molecule has 0 unspecified atom stereocenters. The maximum Gasteiger partial charge on any atom is 0.167 e. The number of aromatic nitrogens is 3. The van der Waals surface area contributed by atoms with E-state index in [0.717, 1.165) is 31.3 Å². The van der Waals surface area contributed by atoms with Crippen molar-refractivity contribution in [3.8, 4) is 45.3 Å². The van der Waals surface area contributed by atoms with E-state index in [0.29, 0.717) is 11.1 Å². The van der Waals surface area contributed by atoms with Gasteiger partial charge in [-0.3, -0.25) is 0 Å². The second-order valence-electron chi connectivity index (χ2n) is 11.3. The number of thiophene rings is 1. The van der Waals surface area contributed by atoms with Crippen LogP contribution in [0.5, 0.6) is 0 Å². The van der Waals surface area contributed by atoms with Gasteiger partial charge >= 0.3 is 0 Å².